The number of Topliss-reactive ketones (excluding diaryl/α,β-unsaturated/α-hetero) is 1. The zero-order chi connectivity index (χ0) is 17.1. The van der Waals surface area contributed by atoms with Crippen molar-refractivity contribution in [2.75, 3.05) is 18.9 Å². The summed E-state index contributed by atoms with van der Waals surface area (Å²) >= 11 is 1.64. The molecule has 1 saturated heterocycles. The molecule has 25 heavy (non-hydrogen) atoms. The molecule has 4 aliphatic rings. The molecule has 1 N–H and O–H groups in total. The third-order valence-corrected chi connectivity index (χ3v) is 8.57. The zero-order valence-electron chi connectivity index (χ0n) is 14.9. The standard InChI is InChI=1S/C20H23N3OS/c1-10-16-20(23(16)8-11-4-5-11)9-19(10,2)13-7-14-15(6-12(13)17(20)24)25-18(21-3)22-14/h6-7,10-11,16H,4-5,8-9H2,1-3H3,(H,21,22). The highest BCUT2D eigenvalue weighted by atomic mass is 32.1. The molecule has 130 valence electrons. The van der Waals surface area contributed by atoms with Gasteiger partial charge in [0.1, 0.15) is 5.54 Å². The minimum Gasteiger partial charge on any atom is -0.365 e. The minimum atomic E-state index is -0.187. The van der Waals surface area contributed by atoms with Crippen LogP contribution in [0.4, 0.5) is 5.13 Å². The van der Waals surface area contributed by atoms with Crippen molar-refractivity contribution in [3.8, 4) is 0 Å². The van der Waals surface area contributed by atoms with Gasteiger partial charge in [0.15, 0.2) is 10.9 Å². The van der Waals surface area contributed by atoms with Gasteiger partial charge in [0.2, 0.25) is 0 Å². The van der Waals surface area contributed by atoms with Crippen LogP contribution in [0.3, 0.4) is 0 Å². The van der Waals surface area contributed by atoms with Gasteiger partial charge in [0, 0.05) is 25.2 Å². The van der Waals surface area contributed by atoms with Crippen LogP contribution in [0.5, 0.6) is 0 Å². The van der Waals surface area contributed by atoms with Gasteiger partial charge in [-0.15, -0.1) is 0 Å². The van der Waals surface area contributed by atoms with E-state index in [1.54, 1.807) is 11.3 Å². The highest BCUT2D eigenvalue weighted by Gasteiger charge is 2.79. The van der Waals surface area contributed by atoms with Gasteiger partial charge >= 0.3 is 0 Å². The Morgan fingerprint density at radius 1 is 1.40 bits per heavy atom. The number of nitrogens with zero attached hydrogens (tertiary/aromatic N) is 2. The van der Waals surface area contributed by atoms with E-state index in [-0.39, 0.29) is 11.0 Å². The van der Waals surface area contributed by atoms with Crippen molar-refractivity contribution in [1.29, 1.82) is 0 Å². The largest absolute Gasteiger partial charge is 0.365 e. The van der Waals surface area contributed by atoms with Gasteiger partial charge in [0.25, 0.3) is 0 Å². The second-order valence-electron chi connectivity index (χ2n) is 8.81. The highest BCUT2D eigenvalue weighted by Crippen LogP contribution is 2.68. The van der Waals surface area contributed by atoms with Gasteiger partial charge in [-0.2, -0.15) is 0 Å². The molecule has 0 amide bonds. The molecule has 1 aromatic heterocycles. The normalized spacial score (nSPS) is 40.9. The molecule has 1 aliphatic heterocycles. The van der Waals surface area contributed by atoms with Crippen molar-refractivity contribution in [3.63, 3.8) is 0 Å². The van der Waals surface area contributed by atoms with Crippen molar-refractivity contribution in [2.24, 2.45) is 11.8 Å². The van der Waals surface area contributed by atoms with Crippen molar-refractivity contribution in [1.82, 2.24) is 9.88 Å². The van der Waals surface area contributed by atoms with E-state index < -0.39 is 0 Å². The van der Waals surface area contributed by atoms with E-state index in [1.165, 1.54) is 18.4 Å². The van der Waals surface area contributed by atoms with Crippen molar-refractivity contribution in [3.05, 3.63) is 23.3 Å². The quantitative estimate of drug-likeness (QED) is 0.855. The molecule has 5 atom stereocenters. The molecule has 3 aliphatic carbocycles. The molecular formula is C20H23N3OS. The summed E-state index contributed by atoms with van der Waals surface area (Å²) in [6.45, 7) is 5.88. The van der Waals surface area contributed by atoms with E-state index in [2.05, 4.69) is 41.2 Å². The highest BCUT2D eigenvalue weighted by molar-refractivity contribution is 7.22. The Bertz CT molecular complexity index is 948. The molecule has 2 saturated carbocycles. The third-order valence-electron chi connectivity index (χ3n) is 7.53. The van der Waals surface area contributed by atoms with Gasteiger partial charge < -0.3 is 5.32 Å². The monoisotopic (exact) mass is 353 g/mol. The summed E-state index contributed by atoms with van der Waals surface area (Å²) in [5, 5.41) is 4.06. The maximum atomic E-state index is 13.6. The molecule has 1 aromatic carbocycles. The summed E-state index contributed by atoms with van der Waals surface area (Å²) in [5.74, 6) is 1.75. The molecule has 2 heterocycles. The summed E-state index contributed by atoms with van der Waals surface area (Å²) < 4.78 is 1.12. The van der Waals surface area contributed by atoms with E-state index in [4.69, 9.17) is 0 Å². The molecule has 0 radical (unpaired) electrons. The van der Waals surface area contributed by atoms with Crippen molar-refractivity contribution in [2.45, 2.75) is 50.1 Å². The maximum Gasteiger partial charge on any atom is 0.185 e. The lowest BCUT2D eigenvalue weighted by molar-refractivity contribution is 0.0862. The average molecular weight is 353 g/mol. The Balaban J connectivity index is 1.53. The first-order valence-corrected chi connectivity index (χ1v) is 10.2. The SMILES string of the molecule is CNc1nc2cc3c(cc2s1)C(=O)C12CC3(C)C(C)C1N2CC1CC1. The Morgan fingerprint density at radius 2 is 2.20 bits per heavy atom. The fourth-order valence-corrected chi connectivity index (χ4v) is 6.73. The summed E-state index contributed by atoms with van der Waals surface area (Å²) in [7, 11) is 1.90. The van der Waals surface area contributed by atoms with Gasteiger partial charge in [-0.25, -0.2) is 4.98 Å². The van der Waals surface area contributed by atoms with Crippen LogP contribution < -0.4 is 5.32 Å². The third kappa shape index (κ3) is 1.58. The van der Waals surface area contributed by atoms with Gasteiger partial charge in [-0.1, -0.05) is 25.2 Å². The van der Waals surface area contributed by atoms with Crippen LogP contribution in [-0.4, -0.2) is 40.8 Å². The van der Waals surface area contributed by atoms with E-state index in [9.17, 15) is 4.79 Å². The fourth-order valence-electron chi connectivity index (χ4n) is 5.89. The number of likely N-dealkylation sites (tertiary alicyclic amines) is 1. The predicted octanol–water partition coefficient (Wildman–Crippen LogP) is 3.66. The van der Waals surface area contributed by atoms with E-state index in [0.717, 1.165) is 39.8 Å². The number of aromatic nitrogens is 1. The molecule has 2 aromatic rings. The predicted molar refractivity (Wildman–Crippen MR) is 101 cm³/mol. The van der Waals surface area contributed by atoms with E-state index >= 15 is 0 Å². The molecular weight excluding hydrogens is 330 g/mol. The number of rotatable bonds is 3. The summed E-state index contributed by atoms with van der Waals surface area (Å²) in [6.07, 6.45) is 3.70. The summed E-state index contributed by atoms with van der Waals surface area (Å²) in [4.78, 5) is 20.8. The van der Waals surface area contributed by atoms with Crippen LogP contribution in [0.2, 0.25) is 0 Å². The minimum absolute atomic E-state index is 0.103. The molecule has 6 rings (SSSR count). The topological polar surface area (TPSA) is 45.0 Å². The number of carbonyl (C=O) groups excluding carboxylic acids is 1. The van der Waals surface area contributed by atoms with Crippen LogP contribution in [0.15, 0.2) is 12.1 Å². The number of fused-ring (bicyclic) bond motifs is 4. The molecule has 3 fully saturated rings. The maximum absolute atomic E-state index is 13.6. The van der Waals surface area contributed by atoms with Crippen molar-refractivity contribution >= 4 is 32.5 Å². The van der Waals surface area contributed by atoms with Gasteiger partial charge in [-0.05, 0) is 54.2 Å². The number of ketones is 1. The molecule has 4 nitrogen and oxygen atoms in total. The molecule has 5 heteroatoms. The number of thiazole rings is 1. The van der Waals surface area contributed by atoms with E-state index in [0.29, 0.717) is 17.7 Å². The summed E-state index contributed by atoms with van der Waals surface area (Å²) in [6, 6.07) is 4.80. The van der Waals surface area contributed by atoms with E-state index in [1.807, 2.05) is 7.05 Å². The number of nitrogens with one attached hydrogen (secondary N) is 1. The van der Waals surface area contributed by atoms with Crippen LogP contribution in [0.25, 0.3) is 10.2 Å². The lowest BCUT2D eigenvalue weighted by Crippen LogP contribution is -2.43. The van der Waals surface area contributed by atoms with Crippen LogP contribution in [0, 0.1) is 11.8 Å². The Hall–Kier alpha value is -1.46. The number of piperidine rings is 1. The first-order chi connectivity index (χ1) is 12.0. The Labute approximate surface area is 151 Å². The zero-order valence-corrected chi connectivity index (χ0v) is 15.7. The molecule has 1 spiro atoms. The smallest absolute Gasteiger partial charge is 0.185 e. The average Bonchev–Trinajstić information content (AvgIpc) is 3.46. The molecule has 2 bridgehead atoms. The summed E-state index contributed by atoms with van der Waals surface area (Å²) in [5.41, 5.74) is 3.16. The lowest BCUT2D eigenvalue weighted by Gasteiger charge is -2.40. The first-order valence-electron chi connectivity index (χ1n) is 9.43. The van der Waals surface area contributed by atoms with Crippen LogP contribution >= 0.6 is 11.3 Å². The fraction of sp³-hybridized carbons (Fsp3) is 0.600. The lowest BCUT2D eigenvalue weighted by atomic mass is 9.67. The number of hydrogen-bond donors (Lipinski definition) is 1. The van der Waals surface area contributed by atoms with Gasteiger partial charge in [0.05, 0.1) is 10.2 Å². The molecule has 5 unspecified atom stereocenters. The van der Waals surface area contributed by atoms with Gasteiger partial charge in [-0.3, -0.25) is 9.69 Å². The first kappa shape index (κ1) is 14.7. The number of carbonyl (C=O) groups is 1. The van der Waals surface area contributed by atoms with Crippen molar-refractivity contribution < 1.29 is 4.79 Å². The number of hydrogen-bond acceptors (Lipinski definition) is 5. The Morgan fingerprint density at radius 3 is 2.92 bits per heavy atom. The van der Waals surface area contributed by atoms with Crippen LogP contribution in [0.1, 0.15) is 49.0 Å². The Kier molecular flexibility index (Phi) is 2.50. The second kappa shape index (κ2) is 4.26. The second-order valence-corrected chi connectivity index (χ2v) is 9.84. The number of anilines is 1. The number of benzene rings is 1. The van der Waals surface area contributed by atoms with Crippen LogP contribution in [-0.2, 0) is 5.41 Å².